The summed E-state index contributed by atoms with van der Waals surface area (Å²) >= 11 is 0. The van der Waals surface area contributed by atoms with Gasteiger partial charge in [-0.25, -0.2) is 14.4 Å². The predicted molar refractivity (Wildman–Crippen MR) is 129 cm³/mol. The quantitative estimate of drug-likeness (QED) is 0.337. The summed E-state index contributed by atoms with van der Waals surface area (Å²) in [7, 11) is 0. The van der Waals surface area contributed by atoms with Crippen molar-refractivity contribution in [2.45, 2.75) is 57.8 Å². The number of benzene rings is 2. The van der Waals surface area contributed by atoms with Gasteiger partial charge in [0, 0.05) is 29.7 Å². The largest absolute Gasteiger partial charge is 0.340 e. The Morgan fingerprint density at radius 2 is 1.85 bits per heavy atom. The topological polar surface area (TPSA) is 58.6 Å². The lowest BCUT2D eigenvalue weighted by atomic mass is 9.86. The van der Waals surface area contributed by atoms with Crippen LogP contribution in [-0.2, 0) is 11.8 Å². The molecule has 4 nitrogen and oxygen atoms in total. The highest BCUT2D eigenvalue weighted by molar-refractivity contribution is 5.96. The van der Waals surface area contributed by atoms with Gasteiger partial charge in [-0.05, 0) is 53.5 Å². The molecule has 2 aromatic heterocycles. The summed E-state index contributed by atoms with van der Waals surface area (Å²) in [6, 6.07) is 14.9. The average molecular weight is 442 g/mol. The minimum absolute atomic E-state index is 0.0276. The summed E-state index contributed by atoms with van der Waals surface area (Å²) in [5.74, 6) is 1.19. The van der Waals surface area contributed by atoms with E-state index < -0.39 is 0 Å². The number of nitrogens with one attached hydrogen (secondary N) is 1. The van der Waals surface area contributed by atoms with Crippen LogP contribution in [0.25, 0.3) is 22.3 Å². The Bertz CT molecular complexity index is 1330. The van der Waals surface area contributed by atoms with E-state index in [-0.39, 0.29) is 23.4 Å². The zero-order valence-electron chi connectivity index (χ0n) is 19.3. The van der Waals surface area contributed by atoms with Crippen molar-refractivity contribution in [2.75, 3.05) is 0 Å². The summed E-state index contributed by atoms with van der Waals surface area (Å²) in [5.41, 5.74) is 5.63. The van der Waals surface area contributed by atoms with Crippen molar-refractivity contribution < 1.29 is 9.18 Å². The molecular formula is C28H28FN3O. The van der Waals surface area contributed by atoms with E-state index in [0.29, 0.717) is 29.1 Å². The number of nitrogens with zero attached hydrogens (tertiary/aromatic N) is 2. The van der Waals surface area contributed by atoms with E-state index in [9.17, 15) is 9.18 Å². The van der Waals surface area contributed by atoms with E-state index in [0.717, 1.165) is 35.3 Å². The van der Waals surface area contributed by atoms with E-state index in [1.54, 1.807) is 18.3 Å². The maximum absolute atomic E-state index is 15.0. The second kappa shape index (κ2) is 8.22. The van der Waals surface area contributed by atoms with Gasteiger partial charge in [0.15, 0.2) is 11.4 Å². The minimum atomic E-state index is -0.296. The third kappa shape index (κ3) is 4.45. The highest BCUT2D eigenvalue weighted by Gasteiger charge is 2.27. The third-order valence-electron chi connectivity index (χ3n) is 6.43. The Kier molecular flexibility index (Phi) is 5.35. The van der Waals surface area contributed by atoms with Crippen LogP contribution < -0.4 is 0 Å². The first kappa shape index (κ1) is 21.5. The van der Waals surface area contributed by atoms with E-state index in [4.69, 9.17) is 0 Å². The monoisotopic (exact) mass is 441 g/mol. The first-order valence-electron chi connectivity index (χ1n) is 11.6. The van der Waals surface area contributed by atoms with Crippen LogP contribution >= 0.6 is 0 Å². The second-order valence-electron chi connectivity index (χ2n) is 10.0. The molecule has 2 aromatic carbocycles. The zero-order chi connectivity index (χ0) is 23.2. The molecule has 1 saturated carbocycles. The number of imidazole rings is 1. The van der Waals surface area contributed by atoms with Gasteiger partial charge in [0.2, 0.25) is 0 Å². The molecule has 1 N–H and O–H groups in total. The Morgan fingerprint density at radius 3 is 2.52 bits per heavy atom. The van der Waals surface area contributed by atoms with E-state index in [1.165, 1.54) is 5.56 Å². The number of rotatable bonds is 6. The molecule has 1 aliphatic carbocycles. The molecule has 5 heteroatoms. The molecule has 0 unspecified atom stereocenters. The molecule has 0 radical (unpaired) electrons. The van der Waals surface area contributed by atoms with Crippen LogP contribution in [-0.4, -0.2) is 20.7 Å². The highest BCUT2D eigenvalue weighted by Crippen LogP contribution is 2.40. The minimum Gasteiger partial charge on any atom is -0.340 e. The van der Waals surface area contributed by atoms with Gasteiger partial charge in [0.05, 0.1) is 5.52 Å². The molecule has 168 valence electrons. The van der Waals surface area contributed by atoms with Gasteiger partial charge < -0.3 is 4.98 Å². The van der Waals surface area contributed by atoms with Crippen LogP contribution in [0.5, 0.6) is 0 Å². The fraction of sp³-hybridized carbons (Fsp3) is 0.321. The first-order chi connectivity index (χ1) is 15.8. The predicted octanol–water partition coefficient (Wildman–Crippen LogP) is 6.75. The zero-order valence-corrected chi connectivity index (χ0v) is 19.3. The van der Waals surface area contributed by atoms with Crippen molar-refractivity contribution in [3.8, 4) is 11.1 Å². The molecule has 0 atom stereocenters. The van der Waals surface area contributed by atoms with Crippen LogP contribution in [0.4, 0.5) is 4.39 Å². The molecule has 0 amide bonds. The molecule has 33 heavy (non-hydrogen) atoms. The number of fused-ring (bicyclic) bond motifs is 1. The molecular weight excluding hydrogens is 413 g/mol. The number of hydrogen-bond donors (Lipinski definition) is 1. The van der Waals surface area contributed by atoms with Crippen molar-refractivity contribution in [3.05, 3.63) is 83.1 Å². The van der Waals surface area contributed by atoms with Crippen molar-refractivity contribution in [1.29, 1.82) is 0 Å². The lowest BCUT2D eigenvalue weighted by Gasteiger charge is -2.19. The van der Waals surface area contributed by atoms with E-state index >= 15 is 0 Å². The fourth-order valence-electron chi connectivity index (χ4n) is 4.19. The van der Waals surface area contributed by atoms with E-state index in [2.05, 4.69) is 35.7 Å². The number of aromatic nitrogens is 3. The molecule has 0 aliphatic heterocycles. The standard InChI is InChI=1S/C28H28FN3O/c1-28(2,3)21-11-8-18(9-12-21)24(33)13-10-17-4-7-20(16-23(17)29)22-14-15-30-27-25(22)31-26(32-27)19-5-6-19/h4,7-9,11-12,14-16,19H,5-6,10,13H2,1-3H3,(H,30,31,32). The summed E-state index contributed by atoms with van der Waals surface area (Å²) in [6.07, 6.45) is 4.66. The molecule has 2 heterocycles. The number of Topliss-reactive ketones (excluding diaryl/α,β-unsaturated/α-hetero) is 1. The van der Waals surface area contributed by atoms with Crippen molar-refractivity contribution in [3.63, 3.8) is 0 Å². The lowest BCUT2D eigenvalue weighted by molar-refractivity contribution is 0.0982. The van der Waals surface area contributed by atoms with Gasteiger partial charge in [-0.3, -0.25) is 4.79 Å². The first-order valence-corrected chi connectivity index (χ1v) is 11.6. The molecule has 1 aliphatic rings. The van der Waals surface area contributed by atoms with Crippen LogP contribution in [0.15, 0.2) is 54.7 Å². The second-order valence-corrected chi connectivity index (χ2v) is 10.0. The number of halogens is 1. The summed E-state index contributed by atoms with van der Waals surface area (Å²) in [4.78, 5) is 25.0. The Hall–Kier alpha value is -3.34. The van der Waals surface area contributed by atoms with Gasteiger partial charge in [0.1, 0.15) is 11.6 Å². The number of aromatic amines is 1. The van der Waals surface area contributed by atoms with Crippen LogP contribution in [0, 0.1) is 5.82 Å². The molecule has 4 aromatic rings. The SMILES string of the molecule is CC(C)(C)c1ccc(C(=O)CCc2ccc(-c3ccnc4nc(C5CC5)[nH]c34)cc2F)cc1. The number of carbonyl (C=O) groups is 1. The maximum Gasteiger partial charge on any atom is 0.178 e. The van der Waals surface area contributed by atoms with Gasteiger partial charge in [-0.15, -0.1) is 0 Å². The van der Waals surface area contributed by atoms with Crippen LogP contribution in [0.3, 0.4) is 0 Å². The summed E-state index contributed by atoms with van der Waals surface area (Å²) in [5, 5.41) is 0. The number of aryl methyl sites for hydroxylation is 1. The number of H-pyrrole nitrogens is 1. The van der Waals surface area contributed by atoms with Crippen molar-refractivity contribution >= 4 is 16.9 Å². The van der Waals surface area contributed by atoms with E-state index in [1.807, 2.05) is 36.4 Å². The molecule has 0 spiro atoms. The smallest absolute Gasteiger partial charge is 0.178 e. The number of hydrogen-bond acceptors (Lipinski definition) is 3. The number of pyridine rings is 1. The number of ketones is 1. The fourth-order valence-corrected chi connectivity index (χ4v) is 4.19. The van der Waals surface area contributed by atoms with Gasteiger partial charge in [-0.2, -0.15) is 0 Å². The van der Waals surface area contributed by atoms with Crippen LogP contribution in [0.1, 0.15) is 73.3 Å². The third-order valence-corrected chi connectivity index (χ3v) is 6.43. The average Bonchev–Trinajstić information content (AvgIpc) is 3.55. The molecule has 5 rings (SSSR count). The Labute approximate surface area is 193 Å². The van der Waals surface area contributed by atoms with Crippen molar-refractivity contribution in [1.82, 2.24) is 15.0 Å². The van der Waals surface area contributed by atoms with Gasteiger partial charge >= 0.3 is 0 Å². The summed E-state index contributed by atoms with van der Waals surface area (Å²) in [6.45, 7) is 6.43. The highest BCUT2D eigenvalue weighted by atomic mass is 19.1. The molecule has 1 fully saturated rings. The lowest BCUT2D eigenvalue weighted by Crippen LogP contribution is -2.11. The van der Waals surface area contributed by atoms with Crippen molar-refractivity contribution in [2.24, 2.45) is 0 Å². The van der Waals surface area contributed by atoms with Gasteiger partial charge in [0.25, 0.3) is 0 Å². The molecule has 0 bridgehead atoms. The Morgan fingerprint density at radius 1 is 1.09 bits per heavy atom. The maximum atomic E-state index is 15.0. The number of carbonyl (C=O) groups excluding carboxylic acids is 1. The van der Waals surface area contributed by atoms with Gasteiger partial charge in [-0.1, -0.05) is 57.2 Å². The van der Waals surface area contributed by atoms with Crippen LogP contribution in [0.2, 0.25) is 0 Å². The summed E-state index contributed by atoms with van der Waals surface area (Å²) < 4.78 is 15.0. The Balaban J connectivity index is 1.31. The molecule has 0 saturated heterocycles. The normalized spacial score (nSPS) is 14.1.